The van der Waals surface area contributed by atoms with Crippen LogP contribution in [0.1, 0.15) is 30.1 Å². The van der Waals surface area contributed by atoms with Crippen LogP contribution < -0.4 is 11.1 Å². The van der Waals surface area contributed by atoms with Crippen LogP contribution in [-0.4, -0.2) is 23.0 Å². The highest BCUT2D eigenvalue weighted by atomic mass is 79.9. The highest BCUT2D eigenvalue weighted by molar-refractivity contribution is 9.10. The van der Waals surface area contributed by atoms with Crippen LogP contribution in [0.4, 0.5) is 10.1 Å². The molecule has 104 valence electrons. The highest BCUT2D eigenvalue weighted by Gasteiger charge is 2.30. The molecule has 1 heterocycles. The molecule has 1 aromatic carbocycles. The van der Waals surface area contributed by atoms with Gasteiger partial charge in [-0.05, 0) is 53.6 Å². The maximum absolute atomic E-state index is 13.2. The SMILES string of the molecule is CC1(CNC(=O)c2cc(N)c(F)cc2Br)CCCS1. The summed E-state index contributed by atoms with van der Waals surface area (Å²) in [4.78, 5) is 12.1. The minimum absolute atomic E-state index is 0.0187. The van der Waals surface area contributed by atoms with Gasteiger partial charge in [-0.2, -0.15) is 11.8 Å². The molecule has 1 aliphatic rings. The first-order valence-corrected chi connectivity index (χ1v) is 7.86. The van der Waals surface area contributed by atoms with E-state index >= 15 is 0 Å². The van der Waals surface area contributed by atoms with E-state index in [1.807, 2.05) is 11.8 Å². The smallest absolute Gasteiger partial charge is 0.252 e. The van der Waals surface area contributed by atoms with Crippen molar-refractivity contribution in [3.63, 3.8) is 0 Å². The number of amides is 1. The lowest BCUT2D eigenvalue weighted by molar-refractivity contribution is 0.0949. The Morgan fingerprint density at radius 3 is 3.00 bits per heavy atom. The van der Waals surface area contributed by atoms with Crippen LogP contribution in [0.5, 0.6) is 0 Å². The Bertz CT molecular complexity index is 504. The molecule has 1 unspecified atom stereocenters. The van der Waals surface area contributed by atoms with Crippen molar-refractivity contribution in [1.29, 1.82) is 0 Å². The van der Waals surface area contributed by atoms with Crippen molar-refractivity contribution >= 4 is 39.3 Å². The number of carbonyl (C=O) groups excluding carboxylic acids is 1. The average Bonchev–Trinajstić information content (AvgIpc) is 2.78. The number of anilines is 1. The Labute approximate surface area is 124 Å². The molecule has 0 spiro atoms. The van der Waals surface area contributed by atoms with Crippen molar-refractivity contribution in [2.45, 2.75) is 24.5 Å². The molecule has 1 amide bonds. The minimum Gasteiger partial charge on any atom is -0.396 e. The van der Waals surface area contributed by atoms with Crippen LogP contribution >= 0.6 is 27.7 Å². The van der Waals surface area contributed by atoms with Crippen LogP contribution in [0.15, 0.2) is 16.6 Å². The molecule has 1 saturated heterocycles. The Kier molecular flexibility index (Phi) is 4.40. The number of rotatable bonds is 3. The molecule has 3 N–H and O–H groups in total. The minimum atomic E-state index is -0.526. The van der Waals surface area contributed by atoms with E-state index in [-0.39, 0.29) is 16.3 Å². The van der Waals surface area contributed by atoms with Gasteiger partial charge in [0.15, 0.2) is 0 Å². The topological polar surface area (TPSA) is 55.1 Å². The normalized spacial score (nSPS) is 22.5. The molecule has 6 heteroatoms. The van der Waals surface area contributed by atoms with Gasteiger partial charge in [0, 0.05) is 15.8 Å². The molecular weight excluding hydrogens is 331 g/mol. The van der Waals surface area contributed by atoms with Gasteiger partial charge in [-0.15, -0.1) is 0 Å². The van der Waals surface area contributed by atoms with Gasteiger partial charge in [0.25, 0.3) is 5.91 Å². The third kappa shape index (κ3) is 3.42. The fourth-order valence-corrected chi connectivity index (χ4v) is 3.82. The second-order valence-corrected chi connectivity index (χ2v) is 7.48. The van der Waals surface area contributed by atoms with E-state index in [4.69, 9.17) is 5.73 Å². The predicted octanol–water partition coefficient (Wildman–Crippen LogP) is 3.19. The lowest BCUT2D eigenvalue weighted by Gasteiger charge is -2.23. The molecule has 1 fully saturated rings. The molecule has 1 aromatic rings. The molecule has 1 aliphatic heterocycles. The molecule has 3 nitrogen and oxygen atoms in total. The van der Waals surface area contributed by atoms with Gasteiger partial charge in [-0.1, -0.05) is 0 Å². The molecule has 0 aliphatic carbocycles. The molecule has 0 radical (unpaired) electrons. The zero-order chi connectivity index (χ0) is 14.0. The van der Waals surface area contributed by atoms with Gasteiger partial charge in [-0.3, -0.25) is 4.79 Å². The number of thioether (sulfide) groups is 1. The average molecular weight is 347 g/mol. The van der Waals surface area contributed by atoms with Crippen molar-refractivity contribution in [2.75, 3.05) is 18.0 Å². The maximum atomic E-state index is 13.2. The maximum Gasteiger partial charge on any atom is 0.252 e. The van der Waals surface area contributed by atoms with Gasteiger partial charge in [-0.25, -0.2) is 4.39 Å². The van der Waals surface area contributed by atoms with Crippen molar-refractivity contribution < 1.29 is 9.18 Å². The van der Waals surface area contributed by atoms with Crippen LogP contribution in [-0.2, 0) is 0 Å². The Balaban J connectivity index is 2.06. The number of nitrogens with two attached hydrogens (primary N) is 1. The number of carbonyl (C=O) groups is 1. The van der Waals surface area contributed by atoms with E-state index in [0.717, 1.165) is 12.2 Å². The number of hydrogen-bond acceptors (Lipinski definition) is 3. The van der Waals surface area contributed by atoms with Crippen molar-refractivity contribution in [1.82, 2.24) is 5.32 Å². The summed E-state index contributed by atoms with van der Waals surface area (Å²) in [5, 5.41) is 2.90. The fraction of sp³-hybridized carbons (Fsp3) is 0.462. The number of hydrogen-bond donors (Lipinski definition) is 2. The summed E-state index contributed by atoms with van der Waals surface area (Å²) in [7, 11) is 0. The van der Waals surface area contributed by atoms with Crippen LogP contribution in [0.3, 0.4) is 0 Å². The van der Waals surface area contributed by atoms with E-state index in [1.165, 1.54) is 18.6 Å². The van der Waals surface area contributed by atoms with Gasteiger partial charge in [0.2, 0.25) is 0 Å². The number of nitrogens with one attached hydrogen (secondary N) is 1. The number of benzene rings is 1. The Hall–Kier alpha value is -0.750. The summed E-state index contributed by atoms with van der Waals surface area (Å²) in [5.74, 6) is 0.383. The van der Waals surface area contributed by atoms with E-state index in [0.29, 0.717) is 16.6 Å². The Morgan fingerprint density at radius 1 is 1.63 bits per heavy atom. The zero-order valence-electron chi connectivity index (χ0n) is 10.6. The number of nitrogen functional groups attached to an aromatic ring is 1. The van der Waals surface area contributed by atoms with Crippen molar-refractivity contribution in [3.8, 4) is 0 Å². The lowest BCUT2D eigenvalue weighted by Crippen LogP contribution is -2.36. The zero-order valence-corrected chi connectivity index (χ0v) is 13.0. The second-order valence-electron chi connectivity index (χ2n) is 4.94. The molecule has 1 atom stereocenters. The summed E-state index contributed by atoms with van der Waals surface area (Å²) in [6.07, 6.45) is 2.29. The van der Waals surface area contributed by atoms with E-state index in [9.17, 15) is 9.18 Å². The lowest BCUT2D eigenvalue weighted by atomic mass is 10.1. The summed E-state index contributed by atoms with van der Waals surface area (Å²) in [6, 6.07) is 2.58. The van der Waals surface area contributed by atoms with Crippen molar-refractivity contribution in [2.24, 2.45) is 0 Å². The van der Waals surface area contributed by atoms with Crippen LogP contribution in [0.25, 0.3) is 0 Å². The first-order chi connectivity index (χ1) is 8.91. The molecule has 0 bridgehead atoms. The van der Waals surface area contributed by atoms with E-state index in [2.05, 4.69) is 28.2 Å². The molecule has 19 heavy (non-hydrogen) atoms. The second kappa shape index (κ2) is 5.71. The first-order valence-electron chi connectivity index (χ1n) is 6.08. The van der Waals surface area contributed by atoms with Crippen molar-refractivity contribution in [3.05, 3.63) is 28.0 Å². The third-order valence-electron chi connectivity index (χ3n) is 3.25. The van der Waals surface area contributed by atoms with Gasteiger partial charge >= 0.3 is 0 Å². The quantitative estimate of drug-likeness (QED) is 0.826. The van der Waals surface area contributed by atoms with Crippen LogP contribution in [0.2, 0.25) is 0 Å². The molecular formula is C13H16BrFN2OS. The van der Waals surface area contributed by atoms with Crippen LogP contribution in [0, 0.1) is 5.82 Å². The Morgan fingerprint density at radius 2 is 2.37 bits per heavy atom. The van der Waals surface area contributed by atoms with E-state index in [1.54, 1.807) is 0 Å². The number of halogens is 2. The standard InChI is InChI=1S/C13H16BrFN2OS/c1-13(3-2-4-19-13)7-17-12(18)8-5-11(16)10(15)6-9(8)14/h5-6H,2-4,7,16H2,1H3,(H,17,18). The summed E-state index contributed by atoms with van der Waals surface area (Å²) in [6.45, 7) is 2.76. The highest BCUT2D eigenvalue weighted by Crippen LogP contribution is 2.37. The largest absolute Gasteiger partial charge is 0.396 e. The van der Waals surface area contributed by atoms with Gasteiger partial charge < -0.3 is 11.1 Å². The monoisotopic (exact) mass is 346 g/mol. The van der Waals surface area contributed by atoms with E-state index < -0.39 is 5.82 Å². The van der Waals surface area contributed by atoms with Gasteiger partial charge in [0.05, 0.1) is 11.3 Å². The fourth-order valence-electron chi connectivity index (χ4n) is 2.08. The summed E-state index contributed by atoms with van der Waals surface area (Å²) in [5.41, 5.74) is 5.84. The molecule has 0 saturated carbocycles. The summed E-state index contributed by atoms with van der Waals surface area (Å²) >= 11 is 5.07. The molecule has 2 rings (SSSR count). The third-order valence-corrected chi connectivity index (χ3v) is 5.45. The van der Waals surface area contributed by atoms with Gasteiger partial charge in [0.1, 0.15) is 5.82 Å². The molecule has 0 aromatic heterocycles. The predicted molar refractivity (Wildman–Crippen MR) is 80.9 cm³/mol. The summed E-state index contributed by atoms with van der Waals surface area (Å²) < 4.78 is 13.7. The first kappa shape index (κ1) is 14.7.